The van der Waals surface area contributed by atoms with Crippen molar-refractivity contribution in [1.82, 2.24) is 4.90 Å². The maximum atomic E-state index is 11.8. The van der Waals surface area contributed by atoms with Gasteiger partial charge in [-0.2, -0.15) is 0 Å². The molecule has 2 atom stereocenters. The number of hydrogen-bond donors (Lipinski definition) is 1. The molecule has 1 amide bonds. The number of methoxy groups -OCH3 is 1. The summed E-state index contributed by atoms with van der Waals surface area (Å²) in [5.41, 5.74) is 5.95. The van der Waals surface area contributed by atoms with E-state index in [9.17, 15) is 4.79 Å². The van der Waals surface area contributed by atoms with Crippen LogP contribution in [0.4, 0.5) is 0 Å². The van der Waals surface area contributed by atoms with Gasteiger partial charge in [-0.1, -0.05) is 12.8 Å². The summed E-state index contributed by atoms with van der Waals surface area (Å²) in [4.78, 5) is 13.6. The Bertz CT molecular complexity index is 233. The summed E-state index contributed by atoms with van der Waals surface area (Å²) >= 11 is 0. The van der Waals surface area contributed by atoms with E-state index in [1.807, 2.05) is 7.05 Å². The van der Waals surface area contributed by atoms with Crippen LogP contribution in [0.5, 0.6) is 0 Å². The van der Waals surface area contributed by atoms with Gasteiger partial charge in [0, 0.05) is 33.2 Å². The molecule has 2 N–H and O–H groups in total. The van der Waals surface area contributed by atoms with Crippen LogP contribution in [0.25, 0.3) is 0 Å². The number of ether oxygens (including phenoxy) is 1. The monoisotopic (exact) mass is 242 g/mol. The van der Waals surface area contributed by atoms with E-state index in [-0.39, 0.29) is 5.91 Å². The van der Waals surface area contributed by atoms with E-state index in [4.69, 9.17) is 10.5 Å². The number of carbonyl (C=O) groups excluding carboxylic acids is 1. The van der Waals surface area contributed by atoms with Gasteiger partial charge < -0.3 is 15.4 Å². The number of amides is 1. The van der Waals surface area contributed by atoms with Crippen LogP contribution in [0.15, 0.2) is 0 Å². The Morgan fingerprint density at radius 1 is 1.47 bits per heavy atom. The molecular formula is C13H26N2O2. The van der Waals surface area contributed by atoms with Gasteiger partial charge in [0.05, 0.1) is 6.61 Å². The van der Waals surface area contributed by atoms with Gasteiger partial charge in [-0.05, 0) is 25.2 Å². The van der Waals surface area contributed by atoms with E-state index in [0.29, 0.717) is 31.5 Å². The van der Waals surface area contributed by atoms with Crippen molar-refractivity contribution in [3.63, 3.8) is 0 Å². The average molecular weight is 242 g/mol. The quantitative estimate of drug-likeness (QED) is 0.765. The minimum atomic E-state index is 0.223. The zero-order valence-electron chi connectivity index (χ0n) is 11.2. The van der Waals surface area contributed by atoms with E-state index in [1.165, 1.54) is 12.8 Å². The number of nitrogens with zero attached hydrogens (tertiary/aromatic N) is 1. The predicted molar refractivity (Wildman–Crippen MR) is 68.7 cm³/mol. The fraction of sp³-hybridized carbons (Fsp3) is 0.923. The van der Waals surface area contributed by atoms with Crippen LogP contribution >= 0.6 is 0 Å². The highest BCUT2D eigenvalue weighted by molar-refractivity contribution is 5.75. The molecule has 0 aliphatic heterocycles. The van der Waals surface area contributed by atoms with Crippen molar-refractivity contribution in [3.05, 3.63) is 0 Å². The third-order valence-corrected chi connectivity index (χ3v) is 3.65. The van der Waals surface area contributed by atoms with Crippen molar-refractivity contribution in [2.45, 2.75) is 44.6 Å². The van der Waals surface area contributed by atoms with Gasteiger partial charge in [-0.25, -0.2) is 0 Å². The molecule has 0 saturated heterocycles. The lowest BCUT2D eigenvalue weighted by atomic mass is 9.83. The second-order valence-electron chi connectivity index (χ2n) is 5.14. The molecule has 1 rings (SSSR count). The van der Waals surface area contributed by atoms with E-state index < -0.39 is 0 Å². The molecule has 2 unspecified atom stereocenters. The van der Waals surface area contributed by atoms with Crippen molar-refractivity contribution >= 4 is 5.91 Å². The lowest BCUT2D eigenvalue weighted by molar-refractivity contribution is -0.130. The predicted octanol–water partition coefficient (Wildman–Crippen LogP) is 1.39. The summed E-state index contributed by atoms with van der Waals surface area (Å²) in [5.74, 6) is 0.875. The number of carbonyl (C=O) groups is 1. The number of nitrogens with two attached hydrogens (primary N) is 1. The molecule has 4 heteroatoms. The first-order valence-electron chi connectivity index (χ1n) is 6.62. The maximum absolute atomic E-state index is 11.8. The molecule has 0 spiro atoms. The molecule has 0 radical (unpaired) electrons. The molecule has 0 aromatic rings. The van der Waals surface area contributed by atoms with E-state index >= 15 is 0 Å². The third-order valence-electron chi connectivity index (χ3n) is 3.65. The Kier molecular flexibility index (Phi) is 6.52. The van der Waals surface area contributed by atoms with Gasteiger partial charge in [-0.3, -0.25) is 4.79 Å². The Labute approximate surface area is 104 Å². The van der Waals surface area contributed by atoms with Crippen LogP contribution in [-0.2, 0) is 9.53 Å². The highest BCUT2D eigenvalue weighted by Gasteiger charge is 2.20. The Hall–Kier alpha value is -0.610. The van der Waals surface area contributed by atoms with Gasteiger partial charge in [-0.15, -0.1) is 0 Å². The molecule has 1 fully saturated rings. The van der Waals surface area contributed by atoms with Crippen LogP contribution in [-0.4, -0.2) is 44.2 Å². The van der Waals surface area contributed by atoms with Crippen LogP contribution in [0, 0.1) is 5.92 Å². The lowest BCUT2D eigenvalue weighted by Gasteiger charge is -2.27. The molecule has 0 aromatic carbocycles. The highest BCUT2D eigenvalue weighted by Crippen LogP contribution is 2.26. The summed E-state index contributed by atoms with van der Waals surface area (Å²) in [6, 6.07) is 0.357. The fourth-order valence-electron chi connectivity index (χ4n) is 2.47. The Morgan fingerprint density at radius 3 is 2.88 bits per heavy atom. The van der Waals surface area contributed by atoms with Crippen LogP contribution in [0.1, 0.15) is 38.5 Å². The molecule has 100 valence electrons. The van der Waals surface area contributed by atoms with Crippen molar-refractivity contribution in [1.29, 1.82) is 0 Å². The van der Waals surface area contributed by atoms with Crippen molar-refractivity contribution < 1.29 is 9.53 Å². The third kappa shape index (κ3) is 5.50. The molecular weight excluding hydrogens is 216 g/mol. The number of likely N-dealkylation sites (N-methyl/N-ethyl adjacent to an activating group) is 1. The number of hydrogen-bond acceptors (Lipinski definition) is 3. The first-order valence-corrected chi connectivity index (χ1v) is 6.62. The Balaban J connectivity index is 2.18. The minimum Gasteiger partial charge on any atom is -0.383 e. The minimum absolute atomic E-state index is 0.223. The van der Waals surface area contributed by atoms with Gasteiger partial charge in [0.2, 0.25) is 5.91 Å². The molecule has 1 aliphatic carbocycles. The molecule has 1 aliphatic rings. The first kappa shape index (κ1) is 14.5. The maximum Gasteiger partial charge on any atom is 0.222 e. The lowest BCUT2D eigenvalue weighted by Crippen LogP contribution is -2.31. The van der Waals surface area contributed by atoms with Gasteiger partial charge in [0.25, 0.3) is 0 Å². The summed E-state index contributed by atoms with van der Waals surface area (Å²) < 4.78 is 4.96. The van der Waals surface area contributed by atoms with E-state index in [1.54, 1.807) is 12.0 Å². The molecule has 4 nitrogen and oxygen atoms in total. The summed E-state index contributed by atoms with van der Waals surface area (Å²) in [6.45, 7) is 1.29. The molecule has 0 heterocycles. The summed E-state index contributed by atoms with van der Waals surface area (Å²) in [5, 5.41) is 0. The van der Waals surface area contributed by atoms with Gasteiger partial charge in [0.1, 0.15) is 0 Å². The normalized spacial score (nSPS) is 24.6. The van der Waals surface area contributed by atoms with E-state index in [0.717, 1.165) is 19.3 Å². The standard InChI is InChI=1S/C13H26N2O2/c1-15(8-9-17-2)13(16)7-6-11-4-3-5-12(14)10-11/h11-12H,3-10,14H2,1-2H3. The summed E-state index contributed by atoms with van der Waals surface area (Å²) in [7, 11) is 3.50. The van der Waals surface area contributed by atoms with Gasteiger partial charge in [0.15, 0.2) is 0 Å². The summed E-state index contributed by atoms with van der Waals surface area (Å²) in [6.07, 6.45) is 6.34. The molecule has 17 heavy (non-hydrogen) atoms. The smallest absolute Gasteiger partial charge is 0.222 e. The van der Waals surface area contributed by atoms with Crippen LogP contribution in [0.2, 0.25) is 0 Å². The van der Waals surface area contributed by atoms with Crippen LogP contribution in [0.3, 0.4) is 0 Å². The molecule has 0 aromatic heterocycles. The van der Waals surface area contributed by atoms with E-state index in [2.05, 4.69) is 0 Å². The zero-order valence-corrected chi connectivity index (χ0v) is 11.2. The van der Waals surface area contributed by atoms with Gasteiger partial charge >= 0.3 is 0 Å². The number of rotatable bonds is 6. The molecule has 1 saturated carbocycles. The Morgan fingerprint density at radius 2 is 2.24 bits per heavy atom. The SMILES string of the molecule is COCCN(C)C(=O)CCC1CCCC(N)C1. The second-order valence-corrected chi connectivity index (χ2v) is 5.14. The fourth-order valence-corrected chi connectivity index (χ4v) is 2.47. The largest absolute Gasteiger partial charge is 0.383 e. The van der Waals surface area contributed by atoms with Crippen molar-refractivity contribution in [2.75, 3.05) is 27.3 Å². The average Bonchev–Trinajstić information content (AvgIpc) is 2.33. The zero-order chi connectivity index (χ0) is 12.7. The van der Waals surface area contributed by atoms with Crippen molar-refractivity contribution in [2.24, 2.45) is 11.7 Å². The van der Waals surface area contributed by atoms with Crippen molar-refractivity contribution in [3.8, 4) is 0 Å². The second kappa shape index (κ2) is 7.67. The topological polar surface area (TPSA) is 55.6 Å². The highest BCUT2D eigenvalue weighted by atomic mass is 16.5. The first-order chi connectivity index (χ1) is 8.13. The molecule has 0 bridgehead atoms. The van der Waals surface area contributed by atoms with Crippen LogP contribution < -0.4 is 5.73 Å².